The standard InChI is InChI=1S/C19H23NO6/c1-13(2)15(19(24)26-20-16(21)9-10-17(20)22)8-11-18(23)25-12-14-6-4-3-5-7-14/h3-7,9-10,13,15,21-22H,8,11-12H2,1-2H3. The van der Waals surface area contributed by atoms with Crippen LogP contribution in [-0.2, 0) is 20.9 Å². The van der Waals surface area contributed by atoms with Gasteiger partial charge < -0.3 is 19.8 Å². The Balaban J connectivity index is 1.87. The van der Waals surface area contributed by atoms with E-state index in [0.29, 0.717) is 4.73 Å². The van der Waals surface area contributed by atoms with Crippen molar-refractivity contribution in [2.75, 3.05) is 0 Å². The van der Waals surface area contributed by atoms with Gasteiger partial charge in [-0.1, -0.05) is 44.2 Å². The predicted molar refractivity (Wildman–Crippen MR) is 93.1 cm³/mol. The van der Waals surface area contributed by atoms with Crippen molar-refractivity contribution in [1.29, 1.82) is 0 Å². The van der Waals surface area contributed by atoms with E-state index in [9.17, 15) is 19.8 Å². The zero-order valence-electron chi connectivity index (χ0n) is 14.8. The first-order valence-corrected chi connectivity index (χ1v) is 8.40. The molecule has 0 aliphatic carbocycles. The highest BCUT2D eigenvalue weighted by Crippen LogP contribution is 2.23. The van der Waals surface area contributed by atoms with Crippen molar-refractivity contribution < 1.29 is 29.4 Å². The molecular weight excluding hydrogens is 338 g/mol. The lowest BCUT2D eigenvalue weighted by Crippen LogP contribution is -2.30. The van der Waals surface area contributed by atoms with E-state index in [0.717, 1.165) is 5.56 Å². The topological polar surface area (TPSA) is 98.0 Å². The zero-order chi connectivity index (χ0) is 19.1. The van der Waals surface area contributed by atoms with Crippen molar-refractivity contribution in [3.63, 3.8) is 0 Å². The molecule has 26 heavy (non-hydrogen) atoms. The van der Waals surface area contributed by atoms with E-state index in [1.54, 1.807) is 0 Å². The summed E-state index contributed by atoms with van der Waals surface area (Å²) in [7, 11) is 0. The van der Waals surface area contributed by atoms with Crippen LogP contribution in [0.25, 0.3) is 0 Å². The summed E-state index contributed by atoms with van der Waals surface area (Å²) in [4.78, 5) is 29.3. The van der Waals surface area contributed by atoms with Gasteiger partial charge in [-0.3, -0.25) is 4.79 Å². The van der Waals surface area contributed by atoms with Crippen molar-refractivity contribution in [3.8, 4) is 11.8 Å². The van der Waals surface area contributed by atoms with Crippen LogP contribution in [0.5, 0.6) is 11.8 Å². The van der Waals surface area contributed by atoms with E-state index in [4.69, 9.17) is 9.57 Å². The third kappa shape index (κ3) is 5.27. The number of carbonyl (C=O) groups excluding carboxylic acids is 2. The van der Waals surface area contributed by atoms with Gasteiger partial charge in [0.25, 0.3) is 0 Å². The summed E-state index contributed by atoms with van der Waals surface area (Å²) in [6.45, 7) is 3.84. The van der Waals surface area contributed by atoms with Crippen LogP contribution in [0.3, 0.4) is 0 Å². The minimum absolute atomic E-state index is 0.0639. The normalized spacial score (nSPS) is 12.0. The van der Waals surface area contributed by atoms with Crippen molar-refractivity contribution >= 4 is 11.9 Å². The maximum Gasteiger partial charge on any atom is 0.336 e. The SMILES string of the molecule is CC(C)C(CCC(=O)OCc1ccccc1)C(=O)On1c(O)ccc1O. The number of rotatable bonds is 8. The summed E-state index contributed by atoms with van der Waals surface area (Å²) in [6, 6.07) is 11.7. The monoisotopic (exact) mass is 361 g/mol. The van der Waals surface area contributed by atoms with Gasteiger partial charge in [0.05, 0.1) is 5.92 Å². The van der Waals surface area contributed by atoms with Gasteiger partial charge in [-0.25, -0.2) is 4.79 Å². The molecule has 0 radical (unpaired) electrons. The number of ether oxygens (including phenoxy) is 1. The van der Waals surface area contributed by atoms with Crippen molar-refractivity contribution in [3.05, 3.63) is 48.0 Å². The Morgan fingerprint density at radius 1 is 1.04 bits per heavy atom. The van der Waals surface area contributed by atoms with Crippen LogP contribution < -0.4 is 4.84 Å². The van der Waals surface area contributed by atoms with Crippen LogP contribution in [0.2, 0.25) is 0 Å². The fraction of sp³-hybridized carbons (Fsp3) is 0.368. The van der Waals surface area contributed by atoms with E-state index in [2.05, 4.69) is 0 Å². The van der Waals surface area contributed by atoms with E-state index in [1.165, 1.54) is 12.1 Å². The third-order valence-corrected chi connectivity index (χ3v) is 3.99. The number of aromatic nitrogens is 1. The lowest BCUT2D eigenvalue weighted by molar-refractivity contribution is -0.153. The maximum atomic E-state index is 12.3. The molecule has 1 aromatic heterocycles. The number of hydrogen-bond donors (Lipinski definition) is 2. The fourth-order valence-electron chi connectivity index (χ4n) is 2.46. The molecule has 1 unspecified atom stereocenters. The molecule has 0 spiro atoms. The number of aromatic hydroxyl groups is 2. The number of hydrogen-bond acceptors (Lipinski definition) is 6. The molecule has 0 fully saturated rings. The Labute approximate surface area is 151 Å². The highest BCUT2D eigenvalue weighted by atomic mass is 16.7. The molecule has 1 aromatic carbocycles. The van der Waals surface area contributed by atoms with Crippen molar-refractivity contribution in [2.24, 2.45) is 11.8 Å². The Hall–Kier alpha value is -2.96. The quantitative estimate of drug-likeness (QED) is 0.702. The van der Waals surface area contributed by atoms with Gasteiger partial charge >= 0.3 is 11.9 Å². The summed E-state index contributed by atoms with van der Waals surface area (Å²) in [5.41, 5.74) is 0.888. The van der Waals surface area contributed by atoms with Gasteiger partial charge in [0, 0.05) is 18.6 Å². The summed E-state index contributed by atoms with van der Waals surface area (Å²) in [5.74, 6) is -2.50. The number of esters is 1. The Kier molecular flexibility index (Phi) is 6.66. The van der Waals surface area contributed by atoms with E-state index in [-0.39, 0.29) is 37.1 Å². The first-order chi connectivity index (χ1) is 12.4. The average Bonchev–Trinajstić information content (AvgIpc) is 2.92. The highest BCUT2D eigenvalue weighted by Gasteiger charge is 2.27. The van der Waals surface area contributed by atoms with Gasteiger partial charge in [-0.05, 0) is 17.9 Å². The van der Waals surface area contributed by atoms with Gasteiger partial charge in [0.15, 0.2) is 0 Å². The second kappa shape index (κ2) is 8.94. The van der Waals surface area contributed by atoms with Crippen LogP contribution in [0.1, 0.15) is 32.3 Å². The van der Waals surface area contributed by atoms with Gasteiger partial charge in [0.2, 0.25) is 11.8 Å². The molecule has 7 heteroatoms. The molecule has 0 aliphatic heterocycles. The van der Waals surface area contributed by atoms with Crippen LogP contribution in [0, 0.1) is 11.8 Å². The predicted octanol–water partition coefficient (Wildman–Crippen LogP) is 2.65. The van der Waals surface area contributed by atoms with E-state index < -0.39 is 17.9 Å². The largest absolute Gasteiger partial charge is 0.492 e. The molecule has 2 N–H and O–H groups in total. The molecular formula is C19H23NO6. The van der Waals surface area contributed by atoms with Crippen LogP contribution in [0.4, 0.5) is 0 Å². The molecule has 0 bridgehead atoms. The Bertz CT molecular complexity index is 718. The Morgan fingerprint density at radius 2 is 1.65 bits per heavy atom. The maximum absolute atomic E-state index is 12.3. The first kappa shape index (κ1) is 19.4. The van der Waals surface area contributed by atoms with Gasteiger partial charge in [0.1, 0.15) is 6.61 Å². The van der Waals surface area contributed by atoms with Crippen LogP contribution in [0.15, 0.2) is 42.5 Å². The first-order valence-electron chi connectivity index (χ1n) is 8.40. The molecule has 1 heterocycles. The molecule has 2 aromatic rings. The zero-order valence-corrected chi connectivity index (χ0v) is 14.8. The summed E-state index contributed by atoms with van der Waals surface area (Å²) in [5, 5.41) is 19.1. The Morgan fingerprint density at radius 3 is 2.23 bits per heavy atom. The molecule has 0 saturated heterocycles. The van der Waals surface area contributed by atoms with Crippen LogP contribution >= 0.6 is 0 Å². The average molecular weight is 361 g/mol. The number of nitrogens with zero attached hydrogens (tertiary/aromatic N) is 1. The molecule has 2 rings (SSSR count). The summed E-state index contributed by atoms with van der Waals surface area (Å²) >= 11 is 0. The van der Waals surface area contributed by atoms with E-state index in [1.807, 2.05) is 44.2 Å². The highest BCUT2D eigenvalue weighted by molar-refractivity contribution is 5.75. The molecule has 0 aliphatic rings. The lowest BCUT2D eigenvalue weighted by atomic mass is 9.91. The van der Waals surface area contributed by atoms with Crippen LogP contribution in [-0.4, -0.2) is 26.9 Å². The van der Waals surface area contributed by atoms with E-state index >= 15 is 0 Å². The second-order valence-electron chi connectivity index (χ2n) is 6.29. The van der Waals surface area contributed by atoms with Gasteiger partial charge in [-0.2, -0.15) is 0 Å². The molecule has 0 amide bonds. The summed E-state index contributed by atoms with van der Waals surface area (Å²) < 4.78 is 5.85. The molecule has 140 valence electrons. The summed E-state index contributed by atoms with van der Waals surface area (Å²) in [6.07, 6.45) is 0.307. The fourth-order valence-corrected chi connectivity index (χ4v) is 2.46. The molecule has 7 nitrogen and oxygen atoms in total. The smallest absolute Gasteiger partial charge is 0.336 e. The number of benzene rings is 1. The minimum Gasteiger partial charge on any atom is -0.492 e. The molecule has 0 saturated carbocycles. The molecule has 1 atom stereocenters. The second-order valence-corrected chi connectivity index (χ2v) is 6.29. The third-order valence-electron chi connectivity index (χ3n) is 3.99. The van der Waals surface area contributed by atoms with Crippen molar-refractivity contribution in [2.45, 2.75) is 33.3 Å². The number of carbonyl (C=O) groups is 2. The lowest BCUT2D eigenvalue weighted by Gasteiger charge is -2.19. The van der Waals surface area contributed by atoms with Crippen molar-refractivity contribution in [1.82, 2.24) is 4.73 Å². The minimum atomic E-state index is -0.641. The van der Waals surface area contributed by atoms with Gasteiger partial charge in [-0.15, -0.1) is 4.73 Å².